The number of hydrogen-bond acceptors (Lipinski definition) is 4. The normalized spacial score (nSPS) is 12.8. The first-order valence-corrected chi connectivity index (χ1v) is 21.4. The maximum Gasteiger partial charge on any atom is 0.0647 e. The lowest BCUT2D eigenvalue weighted by Gasteiger charge is -2.31. The van der Waals surface area contributed by atoms with E-state index in [0.29, 0.717) is 0 Å². The maximum atomic E-state index is 2.48. The quantitative estimate of drug-likeness (QED) is 0.166. The van der Waals surface area contributed by atoms with E-state index in [4.69, 9.17) is 0 Å². The van der Waals surface area contributed by atoms with Gasteiger partial charge in [0.2, 0.25) is 0 Å². The Morgan fingerprint density at radius 1 is 0.364 bits per heavy atom. The number of anilines is 6. The minimum atomic E-state index is 0.0439. The lowest BCUT2D eigenvalue weighted by molar-refractivity contribution is 0.590. The zero-order valence-corrected chi connectivity index (χ0v) is 36.8. The molecular formula is C51H58N2S2. The first kappa shape index (κ1) is 38.9. The van der Waals surface area contributed by atoms with Gasteiger partial charge in [-0.3, -0.25) is 0 Å². The van der Waals surface area contributed by atoms with E-state index in [2.05, 4.69) is 214 Å². The van der Waals surface area contributed by atoms with E-state index < -0.39 is 0 Å². The molecule has 0 N–H and O–H groups in total. The Labute approximate surface area is 338 Å². The fraction of sp³-hybridized carbons (Fsp3) is 0.333. The van der Waals surface area contributed by atoms with Gasteiger partial charge < -0.3 is 9.80 Å². The summed E-state index contributed by atoms with van der Waals surface area (Å²) in [6, 6.07) is 39.6. The molecule has 2 heterocycles. The van der Waals surface area contributed by atoms with Crippen molar-refractivity contribution in [2.75, 3.05) is 9.80 Å². The van der Waals surface area contributed by atoms with Crippen LogP contribution in [0.15, 0.2) is 114 Å². The second-order valence-electron chi connectivity index (χ2n) is 19.5. The molecule has 4 heteroatoms. The van der Waals surface area contributed by atoms with E-state index in [0.717, 1.165) is 22.7 Å². The third-order valence-corrected chi connectivity index (χ3v) is 12.8. The van der Waals surface area contributed by atoms with Crippen LogP contribution in [0.1, 0.15) is 111 Å². The standard InChI is InChI=1S/C51H58N2S2/c1-33-26-40(52(38-20-14-34(15-21-38)48(2,3)4)44-31-54-46-24-18-36(28-42(44)46)50(8,9)10)30-41(27-33)53(39-22-16-35(17-23-39)49(5,6)7)45-32-55-47-25-19-37(29-43(45)47)51(11,12)13/h14-32H,1-13H3. The van der Waals surface area contributed by atoms with Gasteiger partial charge in [-0.2, -0.15) is 0 Å². The van der Waals surface area contributed by atoms with Gasteiger partial charge in [-0.1, -0.05) is 119 Å². The summed E-state index contributed by atoms with van der Waals surface area (Å²) in [4.78, 5) is 4.97. The third-order valence-electron chi connectivity index (χ3n) is 10.9. The van der Waals surface area contributed by atoms with Crippen molar-refractivity contribution in [3.63, 3.8) is 0 Å². The molecule has 0 aliphatic rings. The lowest BCUT2D eigenvalue weighted by Crippen LogP contribution is -2.15. The van der Waals surface area contributed by atoms with Gasteiger partial charge in [-0.25, -0.2) is 0 Å². The zero-order valence-electron chi connectivity index (χ0n) is 35.2. The molecule has 0 atom stereocenters. The Kier molecular flexibility index (Phi) is 9.88. The zero-order chi connectivity index (χ0) is 39.7. The summed E-state index contributed by atoms with van der Waals surface area (Å²) >= 11 is 3.65. The second kappa shape index (κ2) is 14.0. The number of benzene rings is 5. The highest BCUT2D eigenvalue weighted by Crippen LogP contribution is 2.48. The van der Waals surface area contributed by atoms with E-state index in [1.807, 2.05) is 22.7 Å². The first-order chi connectivity index (χ1) is 25.7. The van der Waals surface area contributed by atoms with Crippen molar-refractivity contribution in [3.05, 3.63) is 142 Å². The molecule has 2 nitrogen and oxygen atoms in total. The summed E-state index contributed by atoms with van der Waals surface area (Å²) < 4.78 is 2.60. The Hall–Kier alpha value is -4.38. The smallest absolute Gasteiger partial charge is 0.0647 e. The molecule has 0 aliphatic carbocycles. The Morgan fingerprint density at radius 2 is 0.691 bits per heavy atom. The molecule has 7 rings (SSSR count). The fourth-order valence-electron chi connectivity index (χ4n) is 7.39. The lowest BCUT2D eigenvalue weighted by atomic mass is 9.86. The van der Waals surface area contributed by atoms with Gasteiger partial charge in [-0.05, 0) is 123 Å². The van der Waals surface area contributed by atoms with Crippen LogP contribution in [0.2, 0.25) is 0 Å². The van der Waals surface area contributed by atoms with Gasteiger partial charge in [0.05, 0.1) is 11.4 Å². The molecular weight excluding hydrogens is 705 g/mol. The number of nitrogens with zero attached hydrogens (tertiary/aromatic N) is 2. The molecule has 0 bridgehead atoms. The van der Waals surface area contributed by atoms with Crippen LogP contribution in [0.25, 0.3) is 20.2 Å². The van der Waals surface area contributed by atoms with Crippen LogP contribution in [-0.2, 0) is 21.7 Å². The van der Waals surface area contributed by atoms with Gasteiger partial charge >= 0.3 is 0 Å². The van der Waals surface area contributed by atoms with Crippen molar-refractivity contribution in [1.29, 1.82) is 0 Å². The molecule has 0 saturated heterocycles. The molecule has 7 aromatic rings. The summed E-state index contributed by atoms with van der Waals surface area (Å²) in [6.07, 6.45) is 0. The molecule has 0 aliphatic heterocycles. The van der Waals surface area contributed by atoms with Gasteiger partial charge in [0, 0.05) is 53.7 Å². The average molecular weight is 763 g/mol. The Morgan fingerprint density at radius 3 is 1.02 bits per heavy atom. The van der Waals surface area contributed by atoms with Crippen LogP contribution in [0.4, 0.5) is 34.1 Å². The summed E-state index contributed by atoms with van der Waals surface area (Å²) in [5.74, 6) is 0. The van der Waals surface area contributed by atoms with Crippen LogP contribution in [-0.4, -0.2) is 0 Å². The summed E-state index contributed by atoms with van der Waals surface area (Å²) in [5, 5.41) is 7.27. The van der Waals surface area contributed by atoms with Crippen LogP contribution in [0.3, 0.4) is 0 Å². The van der Waals surface area contributed by atoms with Gasteiger partial charge in [0.25, 0.3) is 0 Å². The van der Waals surface area contributed by atoms with Gasteiger partial charge in [-0.15, -0.1) is 22.7 Å². The van der Waals surface area contributed by atoms with Crippen LogP contribution >= 0.6 is 22.7 Å². The molecule has 284 valence electrons. The van der Waals surface area contributed by atoms with Crippen molar-refractivity contribution in [1.82, 2.24) is 0 Å². The molecule has 0 saturated carbocycles. The highest BCUT2D eigenvalue weighted by atomic mass is 32.1. The van der Waals surface area contributed by atoms with Gasteiger partial charge in [0.1, 0.15) is 0 Å². The number of thiophene rings is 2. The maximum absolute atomic E-state index is 2.48. The minimum Gasteiger partial charge on any atom is -0.309 e. The molecule has 0 radical (unpaired) electrons. The number of aryl methyl sites for hydroxylation is 1. The summed E-state index contributed by atoms with van der Waals surface area (Å²) in [6.45, 7) is 29.8. The van der Waals surface area contributed by atoms with E-state index in [-0.39, 0.29) is 21.7 Å². The molecule has 2 aromatic heterocycles. The van der Waals surface area contributed by atoms with Gasteiger partial charge in [0.15, 0.2) is 0 Å². The van der Waals surface area contributed by atoms with Crippen LogP contribution < -0.4 is 9.80 Å². The van der Waals surface area contributed by atoms with Crippen LogP contribution in [0.5, 0.6) is 0 Å². The van der Waals surface area contributed by atoms with Crippen molar-refractivity contribution in [2.45, 2.75) is 112 Å². The number of hydrogen-bond donors (Lipinski definition) is 0. The number of fused-ring (bicyclic) bond motifs is 2. The highest BCUT2D eigenvalue weighted by Gasteiger charge is 2.25. The molecule has 5 aromatic carbocycles. The van der Waals surface area contributed by atoms with E-state index >= 15 is 0 Å². The monoisotopic (exact) mass is 762 g/mol. The van der Waals surface area contributed by atoms with E-state index in [1.54, 1.807) is 0 Å². The first-order valence-electron chi connectivity index (χ1n) is 19.6. The minimum absolute atomic E-state index is 0.0439. The molecule has 55 heavy (non-hydrogen) atoms. The average Bonchev–Trinajstić information content (AvgIpc) is 3.71. The van der Waals surface area contributed by atoms with E-state index in [9.17, 15) is 0 Å². The predicted octanol–water partition coefficient (Wildman–Crippen LogP) is 16.6. The number of rotatable bonds is 6. The van der Waals surface area contributed by atoms with Crippen molar-refractivity contribution < 1.29 is 0 Å². The predicted molar refractivity (Wildman–Crippen MR) is 246 cm³/mol. The van der Waals surface area contributed by atoms with Crippen molar-refractivity contribution >= 4 is 77.0 Å². The fourth-order valence-corrected chi connectivity index (χ4v) is 9.20. The van der Waals surface area contributed by atoms with Crippen LogP contribution in [0, 0.1) is 6.92 Å². The topological polar surface area (TPSA) is 6.48 Å². The summed E-state index contributed by atoms with van der Waals surface area (Å²) in [7, 11) is 0. The molecule has 0 amide bonds. The molecule has 0 spiro atoms. The molecule has 0 fully saturated rings. The summed E-state index contributed by atoms with van der Waals surface area (Å²) in [5.41, 5.74) is 13.8. The Balaban J connectivity index is 1.47. The molecule has 0 unspecified atom stereocenters. The SMILES string of the molecule is Cc1cc(N(c2ccc(C(C)(C)C)cc2)c2csc3ccc(C(C)(C)C)cc23)cc(N(c2ccc(C(C)(C)C)cc2)c2csc3ccc(C(C)(C)C)cc23)c1. The Bertz CT molecular complexity index is 2300. The van der Waals surface area contributed by atoms with E-state index in [1.165, 1.54) is 59.4 Å². The van der Waals surface area contributed by atoms with Crippen molar-refractivity contribution in [2.24, 2.45) is 0 Å². The highest BCUT2D eigenvalue weighted by molar-refractivity contribution is 7.18. The second-order valence-corrected chi connectivity index (χ2v) is 21.3. The van der Waals surface area contributed by atoms with Crippen molar-refractivity contribution in [3.8, 4) is 0 Å². The largest absolute Gasteiger partial charge is 0.309 e. The third kappa shape index (κ3) is 7.86.